The van der Waals surface area contributed by atoms with E-state index in [0.717, 1.165) is 18.7 Å². The number of ether oxygens (including phenoxy) is 1. The summed E-state index contributed by atoms with van der Waals surface area (Å²) in [7, 11) is 0. The Morgan fingerprint density at radius 1 is 1.43 bits per heavy atom. The van der Waals surface area contributed by atoms with Gasteiger partial charge in [-0.1, -0.05) is 11.6 Å². The summed E-state index contributed by atoms with van der Waals surface area (Å²) >= 11 is 5.79. The maximum atomic E-state index is 11.9. The molecular formula is C14H17ClN4O2. The van der Waals surface area contributed by atoms with Crippen LogP contribution in [-0.2, 0) is 11.2 Å². The minimum absolute atomic E-state index is 0.150. The van der Waals surface area contributed by atoms with Gasteiger partial charge < -0.3 is 10.1 Å². The first-order valence-electron chi connectivity index (χ1n) is 6.69. The number of aromatic nitrogens is 3. The summed E-state index contributed by atoms with van der Waals surface area (Å²) in [4.78, 5) is 15.9. The van der Waals surface area contributed by atoms with Gasteiger partial charge in [0.25, 0.3) is 5.91 Å². The standard InChI is InChI=1S/C14H17ClN4O2/c1-10(21-12-6-4-11(15)5-7-12)14(20)16-8-2-3-13-17-9-18-19-13/h4-7,9-10H,2-3,8H2,1H3,(H,16,20)(H,17,18,19). The maximum Gasteiger partial charge on any atom is 0.260 e. The van der Waals surface area contributed by atoms with Crippen LogP contribution in [0.1, 0.15) is 19.2 Å². The van der Waals surface area contributed by atoms with Crippen molar-refractivity contribution in [2.75, 3.05) is 6.54 Å². The van der Waals surface area contributed by atoms with Crippen LogP contribution in [0.3, 0.4) is 0 Å². The number of hydrogen-bond donors (Lipinski definition) is 2. The van der Waals surface area contributed by atoms with Gasteiger partial charge in [-0.25, -0.2) is 4.98 Å². The number of hydrogen-bond acceptors (Lipinski definition) is 4. The zero-order chi connectivity index (χ0) is 15.1. The summed E-state index contributed by atoms with van der Waals surface area (Å²) in [6.45, 7) is 2.27. The van der Waals surface area contributed by atoms with Crippen molar-refractivity contribution in [2.24, 2.45) is 0 Å². The predicted octanol–water partition coefficient (Wildman–Crippen LogP) is 1.97. The molecule has 1 atom stereocenters. The third-order valence-corrected chi connectivity index (χ3v) is 3.10. The second kappa shape index (κ2) is 7.64. The quantitative estimate of drug-likeness (QED) is 0.766. The molecule has 0 aliphatic heterocycles. The van der Waals surface area contributed by atoms with Gasteiger partial charge in [0, 0.05) is 18.0 Å². The maximum absolute atomic E-state index is 11.9. The van der Waals surface area contributed by atoms with Crippen molar-refractivity contribution in [2.45, 2.75) is 25.9 Å². The summed E-state index contributed by atoms with van der Waals surface area (Å²) in [6.07, 6.45) is 2.44. The molecule has 0 radical (unpaired) electrons. The first-order chi connectivity index (χ1) is 10.1. The molecule has 0 fully saturated rings. The Morgan fingerprint density at radius 3 is 2.86 bits per heavy atom. The predicted molar refractivity (Wildman–Crippen MR) is 79.3 cm³/mol. The molecule has 2 aromatic rings. The van der Waals surface area contributed by atoms with E-state index in [0.29, 0.717) is 17.3 Å². The molecule has 0 bridgehead atoms. The van der Waals surface area contributed by atoms with Crippen LogP contribution in [0, 0.1) is 0 Å². The lowest BCUT2D eigenvalue weighted by atomic mass is 10.3. The molecule has 0 saturated carbocycles. The summed E-state index contributed by atoms with van der Waals surface area (Å²) in [5.41, 5.74) is 0. The molecule has 0 saturated heterocycles. The van der Waals surface area contributed by atoms with E-state index in [1.165, 1.54) is 6.33 Å². The van der Waals surface area contributed by atoms with Crippen molar-refractivity contribution < 1.29 is 9.53 Å². The third-order valence-electron chi connectivity index (χ3n) is 2.85. The normalized spacial score (nSPS) is 11.9. The number of nitrogens with one attached hydrogen (secondary N) is 2. The Bertz CT molecular complexity index is 557. The molecule has 2 rings (SSSR count). The van der Waals surface area contributed by atoms with Gasteiger partial charge in [-0.3, -0.25) is 9.89 Å². The SMILES string of the molecule is CC(Oc1ccc(Cl)cc1)C(=O)NCCCc1ncn[nH]1. The molecule has 6 nitrogen and oxygen atoms in total. The summed E-state index contributed by atoms with van der Waals surface area (Å²) in [5, 5.41) is 10.00. The van der Waals surface area contributed by atoms with Gasteiger partial charge in [0.05, 0.1) is 0 Å². The van der Waals surface area contributed by atoms with E-state index in [2.05, 4.69) is 20.5 Å². The van der Waals surface area contributed by atoms with Crippen LogP contribution in [0.2, 0.25) is 5.02 Å². The largest absolute Gasteiger partial charge is 0.481 e. The highest BCUT2D eigenvalue weighted by Gasteiger charge is 2.13. The average molecular weight is 309 g/mol. The van der Waals surface area contributed by atoms with E-state index in [1.807, 2.05) is 0 Å². The Hall–Kier alpha value is -2.08. The first-order valence-corrected chi connectivity index (χ1v) is 7.07. The Balaban J connectivity index is 1.68. The molecule has 7 heteroatoms. The van der Waals surface area contributed by atoms with Crippen molar-refractivity contribution in [3.63, 3.8) is 0 Å². The van der Waals surface area contributed by atoms with Crippen molar-refractivity contribution in [3.8, 4) is 5.75 Å². The van der Waals surface area contributed by atoms with Crippen molar-refractivity contribution in [1.82, 2.24) is 20.5 Å². The lowest BCUT2D eigenvalue weighted by molar-refractivity contribution is -0.127. The van der Waals surface area contributed by atoms with Crippen LogP contribution < -0.4 is 10.1 Å². The number of amides is 1. The summed E-state index contributed by atoms with van der Waals surface area (Å²) in [6, 6.07) is 6.91. The van der Waals surface area contributed by atoms with Crippen LogP contribution in [0.5, 0.6) is 5.75 Å². The molecule has 112 valence electrons. The van der Waals surface area contributed by atoms with Gasteiger partial charge in [0.2, 0.25) is 0 Å². The molecule has 1 heterocycles. The fourth-order valence-electron chi connectivity index (χ4n) is 1.73. The Morgan fingerprint density at radius 2 is 2.19 bits per heavy atom. The minimum atomic E-state index is -0.559. The number of carbonyl (C=O) groups is 1. The van der Waals surface area contributed by atoms with Gasteiger partial charge in [-0.05, 0) is 37.6 Å². The topological polar surface area (TPSA) is 79.9 Å². The number of aryl methyl sites for hydroxylation is 1. The molecule has 1 aromatic carbocycles. The fraction of sp³-hybridized carbons (Fsp3) is 0.357. The highest BCUT2D eigenvalue weighted by molar-refractivity contribution is 6.30. The van der Waals surface area contributed by atoms with Crippen molar-refractivity contribution in [1.29, 1.82) is 0 Å². The van der Waals surface area contributed by atoms with Crippen molar-refractivity contribution in [3.05, 3.63) is 41.4 Å². The fourth-order valence-corrected chi connectivity index (χ4v) is 1.86. The van der Waals surface area contributed by atoms with E-state index in [4.69, 9.17) is 16.3 Å². The van der Waals surface area contributed by atoms with E-state index >= 15 is 0 Å². The van der Waals surface area contributed by atoms with E-state index < -0.39 is 6.10 Å². The number of nitrogens with zero attached hydrogens (tertiary/aromatic N) is 2. The summed E-state index contributed by atoms with van der Waals surface area (Å²) < 4.78 is 5.53. The highest BCUT2D eigenvalue weighted by atomic mass is 35.5. The molecule has 0 spiro atoms. The van der Waals surface area contributed by atoms with Gasteiger partial charge in [-0.2, -0.15) is 5.10 Å². The second-order valence-corrected chi connectivity index (χ2v) is 4.98. The monoisotopic (exact) mass is 308 g/mol. The lowest BCUT2D eigenvalue weighted by Gasteiger charge is -2.14. The molecule has 2 N–H and O–H groups in total. The Kier molecular flexibility index (Phi) is 5.57. The number of benzene rings is 1. The van der Waals surface area contributed by atoms with E-state index in [-0.39, 0.29) is 5.91 Å². The van der Waals surface area contributed by atoms with Gasteiger partial charge in [0.15, 0.2) is 6.10 Å². The number of carbonyl (C=O) groups excluding carboxylic acids is 1. The number of halogens is 1. The number of H-pyrrole nitrogens is 1. The first kappa shape index (κ1) is 15.3. The van der Waals surface area contributed by atoms with Gasteiger partial charge >= 0.3 is 0 Å². The molecule has 0 aliphatic carbocycles. The Labute approximate surface area is 127 Å². The molecule has 1 amide bonds. The highest BCUT2D eigenvalue weighted by Crippen LogP contribution is 2.16. The van der Waals surface area contributed by atoms with E-state index in [1.54, 1.807) is 31.2 Å². The average Bonchev–Trinajstić information content (AvgIpc) is 2.99. The summed E-state index contributed by atoms with van der Waals surface area (Å²) in [5.74, 6) is 1.28. The molecule has 21 heavy (non-hydrogen) atoms. The van der Waals surface area contributed by atoms with Crippen LogP contribution in [0.4, 0.5) is 0 Å². The lowest BCUT2D eigenvalue weighted by Crippen LogP contribution is -2.36. The van der Waals surface area contributed by atoms with Crippen LogP contribution in [0.25, 0.3) is 0 Å². The van der Waals surface area contributed by atoms with Crippen LogP contribution in [0.15, 0.2) is 30.6 Å². The molecule has 1 aromatic heterocycles. The third kappa shape index (κ3) is 5.07. The molecule has 0 aliphatic rings. The minimum Gasteiger partial charge on any atom is -0.481 e. The van der Waals surface area contributed by atoms with E-state index in [9.17, 15) is 4.79 Å². The zero-order valence-electron chi connectivity index (χ0n) is 11.7. The van der Waals surface area contributed by atoms with Crippen molar-refractivity contribution >= 4 is 17.5 Å². The van der Waals surface area contributed by atoms with Crippen LogP contribution in [-0.4, -0.2) is 33.7 Å². The molecule has 1 unspecified atom stereocenters. The zero-order valence-corrected chi connectivity index (χ0v) is 12.4. The number of rotatable bonds is 7. The number of aromatic amines is 1. The van der Waals surface area contributed by atoms with Crippen LogP contribution >= 0.6 is 11.6 Å². The molecular weight excluding hydrogens is 292 g/mol. The second-order valence-electron chi connectivity index (χ2n) is 4.54. The van der Waals surface area contributed by atoms with Gasteiger partial charge in [-0.15, -0.1) is 0 Å². The van der Waals surface area contributed by atoms with Gasteiger partial charge in [0.1, 0.15) is 17.9 Å². The smallest absolute Gasteiger partial charge is 0.260 e.